The van der Waals surface area contributed by atoms with E-state index in [2.05, 4.69) is 11.9 Å². The summed E-state index contributed by atoms with van der Waals surface area (Å²) in [6.07, 6.45) is 3.48. The van der Waals surface area contributed by atoms with Crippen LogP contribution < -0.4 is 5.32 Å². The second-order valence-corrected chi connectivity index (χ2v) is 2.43. The SMILES string of the molecule is C=CC(O)C1CCCN1. The minimum absolute atomic E-state index is 0.266. The van der Waals surface area contributed by atoms with Crippen molar-refractivity contribution in [3.05, 3.63) is 12.7 Å². The predicted molar refractivity (Wildman–Crippen MR) is 37.2 cm³/mol. The van der Waals surface area contributed by atoms with Crippen molar-refractivity contribution in [2.45, 2.75) is 25.0 Å². The lowest BCUT2D eigenvalue weighted by Crippen LogP contribution is -2.32. The van der Waals surface area contributed by atoms with Gasteiger partial charge in [-0.1, -0.05) is 6.08 Å². The molecule has 0 aliphatic carbocycles. The van der Waals surface area contributed by atoms with Gasteiger partial charge in [0.2, 0.25) is 0 Å². The Bertz CT molecular complexity index is 97.1. The zero-order chi connectivity index (χ0) is 6.69. The zero-order valence-corrected chi connectivity index (χ0v) is 5.51. The van der Waals surface area contributed by atoms with E-state index in [1.807, 2.05) is 0 Å². The topological polar surface area (TPSA) is 32.3 Å². The van der Waals surface area contributed by atoms with Gasteiger partial charge in [-0.3, -0.25) is 0 Å². The molecule has 1 aliphatic rings. The lowest BCUT2D eigenvalue weighted by molar-refractivity contribution is 0.182. The number of aliphatic hydroxyl groups excluding tert-OH is 1. The molecule has 9 heavy (non-hydrogen) atoms. The van der Waals surface area contributed by atoms with Crippen molar-refractivity contribution in [2.24, 2.45) is 0 Å². The van der Waals surface area contributed by atoms with E-state index >= 15 is 0 Å². The van der Waals surface area contributed by atoms with Gasteiger partial charge in [0.05, 0.1) is 6.10 Å². The molecule has 0 bridgehead atoms. The Balaban J connectivity index is 2.32. The molecule has 0 aromatic carbocycles. The summed E-state index contributed by atoms with van der Waals surface area (Å²) in [7, 11) is 0. The van der Waals surface area contributed by atoms with Crippen LogP contribution in [0.3, 0.4) is 0 Å². The van der Waals surface area contributed by atoms with Crippen molar-refractivity contribution >= 4 is 0 Å². The van der Waals surface area contributed by atoms with E-state index in [-0.39, 0.29) is 12.1 Å². The summed E-state index contributed by atoms with van der Waals surface area (Å²) in [5.41, 5.74) is 0. The molecule has 52 valence electrons. The van der Waals surface area contributed by atoms with Crippen LogP contribution in [0.1, 0.15) is 12.8 Å². The van der Waals surface area contributed by atoms with Gasteiger partial charge < -0.3 is 10.4 Å². The average Bonchev–Trinajstić information content (AvgIpc) is 2.37. The maximum absolute atomic E-state index is 9.18. The van der Waals surface area contributed by atoms with Crippen molar-refractivity contribution in [1.82, 2.24) is 5.32 Å². The second-order valence-electron chi connectivity index (χ2n) is 2.43. The maximum atomic E-state index is 9.18. The van der Waals surface area contributed by atoms with Crippen LogP contribution in [-0.4, -0.2) is 23.8 Å². The average molecular weight is 127 g/mol. The van der Waals surface area contributed by atoms with Gasteiger partial charge in [-0.05, 0) is 19.4 Å². The number of rotatable bonds is 2. The Morgan fingerprint density at radius 3 is 3.00 bits per heavy atom. The molecule has 0 amide bonds. The van der Waals surface area contributed by atoms with E-state index in [4.69, 9.17) is 0 Å². The number of nitrogens with one attached hydrogen (secondary N) is 1. The van der Waals surface area contributed by atoms with Crippen LogP contribution in [0.2, 0.25) is 0 Å². The molecule has 2 nitrogen and oxygen atoms in total. The molecule has 0 spiro atoms. The third kappa shape index (κ3) is 1.53. The number of hydrogen-bond acceptors (Lipinski definition) is 2. The summed E-state index contributed by atoms with van der Waals surface area (Å²) in [6, 6.07) is 0.266. The summed E-state index contributed by atoms with van der Waals surface area (Å²) >= 11 is 0. The van der Waals surface area contributed by atoms with E-state index in [1.165, 1.54) is 6.42 Å². The Morgan fingerprint density at radius 2 is 2.56 bits per heavy atom. The summed E-state index contributed by atoms with van der Waals surface area (Å²) in [4.78, 5) is 0. The van der Waals surface area contributed by atoms with E-state index in [0.29, 0.717) is 0 Å². The van der Waals surface area contributed by atoms with Gasteiger partial charge in [0, 0.05) is 6.04 Å². The van der Waals surface area contributed by atoms with E-state index in [0.717, 1.165) is 13.0 Å². The highest BCUT2D eigenvalue weighted by atomic mass is 16.3. The Hall–Kier alpha value is -0.340. The summed E-state index contributed by atoms with van der Waals surface area (Å²) < 4.78 is 0. The fourth-order valence-corrected chi connectivity index (χ4v) is 1.17. The lowest BCUT2D eigenvalue weighted by Gasteiger charge is -2.12. The first kappa shape index (κ1) is 6.78. The van der Waals surface area contributed by atoms with Crippen LogP contribution in [0, 0.1) is 0 Å². The molecule has 0 radical (unpaired) electrons. The minimum atomic E-state index is -0.354. The molecule has 0 saturated carbocycles. The van der Waals surface area contributed by atoms with Gasteiger partial charge in [-0.2, -0.15) is 0 Å². The summed E-state index contributed by atoms with van der Waals surface area (Å²) in [5, 5.41) is 12.4. The molecule has 1 saturated heterocycles. The third-order valence-corrected chi connectivity index (χ3v) is 1.75. The van der Waals surface area contributed by atoms with Gasteiger partial charge in [0.15, 0.2) is 0 Å². The smallest absolute Gasteiger partial charge is 0.0871 e. The quantitative estimate of drug-likeness (QED) is 0.522. The lowest BCUT2D eigenvalue weighted by atomic mass is 10.1. The highest BCUT2D eigenvalue weighted by Gasteiger charge is 2.19. The zero-order valence-electron chi connectivity index (χ0n) is 5.51. The normalized spacial score (nSPS) is 30.1. The Kier molecular flexibility index (Phi) is 2.25. The molecule has 1 fully saturated rings. The molecular weight excluding hydrogens is 114 g/mol. The fourth-order valence-electron chi connectivity index (χ4n) is 1.17. The van der Waals surface area contributed by atoms with Crippen LogP contribution in [0.4, 0.5) is 0 Å². The van der Waals surface area contributed by atoms with Crippen molar-refractivity contribution in [3.63, 3.8) is 0 Å². The van der Waals surface area contributed by atoms with Crippen LogP contribution in [0.15, 0.2) is 12.7 Å². The first-order chi connectivity index (χ1) is 4.34. The molecule has 2 unspecified atom stereocenters. The minimum Gasteiger partial charge on any atom is -0.387 e. The number of hydrogen-bond donors (Lipinski definition) is 2. The monoisotopic (exact) mass is 127 g/mol. The fraction of sp³-hybridized carbons (Fsp3) is 0.714. The molecule has 1 aliphatic heterocycles. The van der Waals surface area contributed by atoms with Crippen LogP contribution in [-0.2, 0) is 0 Å². The second kappa shape index (κ2) is 2.99. The van der Waals surface area contributed by atoms with Crippen molar-refractivity contribution in [3.8, 4) is 0 Å². The van der Waals surface area contributed by atoms with Crippen molar-refractivity contribution in [2.75, 3.05) is 6.54 Å². The molecule has 0 aromatic rings. The highest BCUT2D eigenvalue weighted by Crippen LogP contribution is 2.08. The third-order valence-electron chi connectivity index (χ3n) is 1.75. The van der Waals surface area contributed by atoms with Gasteiger partial charge in [-0.25, -0.2) is 0 Å². The van der Waals surface area contributed by atoms with Crippen LogP contribution >= 0.6 is 0 Å². The van der Waals surface area contributed by atoms with E-state index in [1.54, 1.807) is 6.08 Å². The Morgan fingerprint density at radius 1 is 1.78 bits per heavy atom. The molecule has 1 rings (SSSR count). The van der Waals surface area contributed by atoms with Gasteiger partial charge in [0.1, 0.15) is 0 Å². The first-order valence-corrected chi connectivity index (χ1v) is 3.38. The number of aliphatic hydroxyl groups is 1. The van der Waals surface area contributed by atoms with Crippen LogP contribution in [0.25, 0.3) is 0 Å². The van der Waals surface area contributed by atoms with E-state index in [9.17, 15) is 5.11 Å². The van der Waals surface area contributed by atoms with Gasteiger partial charge >= 0.3 is 0 Å². The Labute approximate surface area is 55.6 Å². The molecule has 0 aromatic heterocycles. The van der Waals surface area contributed by atoms with Gasteiger partial charge in [-0.15, -0.1) is 6.58 Å². The van der Waals surface area contributed by atoms with Crippen molar-refractivity contribution in [1.29, 1.82) is 0 Å². The standard InChI is InChI=1S/C7H13NO/c1-2-7(9)6-4-3-5-8-6/h2,6-9H,1,3-5H2. The highest BCUT2D eigenvalue weighted by molar-refractivity contribution is 4.91. The first-order valence-electron chi connectivity index (χ1n) is 3.38. The van der Waals surface area contributed by atoms with Gasteiger partial charge in [0.25, 0.3) is 0 Å². The molecule has 2 heteroatoms. The maximum Gasteiger partial charge on any atom is 0.0871 e. The van der Waals surface area contributed by atoms with Crippen molar-refractivity contribution < 1.29 is 5.11 Å². The molecular formula is C7H13NO. The van der Waals surface area contributed by atoms with E-state index < -0.39 is 0 Å². The van der Waals surface area contributed by atoms with Crippen LogP contribution in [0.5, 0.6) is 0 Å². The molecule has 2 N–H and O–H groups in total. The largest absolute Gasteiger partial charge is 0.387 e. The molecule has 1 heterocycles. The predicted octanol–water partition coefficient (Wildman–Crippen LogP) is 0.285. The summed E-state index contributed by atoms with van der Waals surface area (Å²) in [5.74, 6) is 0. The molecule has 2 atom stereocenters. The summed E-state index contributed by atoms with van der Waals surface area (Å²) in [6.45, 7) is 4.55.